The largest absolute Gasteiger partial charge is 0.456 e. The first-order chi connectivity index (χ1) is 51.2. The maximum atomic E-state index is 12.0. The van der Waals surface area contributed by atoms with Gasteiger partial charge in [-0.15, -0.1) is 0 Å². The number of carbonyl (C=O) groups excluding carboxylic acids is 7. The average Bonchev–Trinajstić information content (AvgIpc) is 0.849. The SMILES string of the molecule is C=C(C)C(=O)OC(C)(C)C12CC3CC(CC(C3)C1)C2.C=C(C)C(=O)OC1(C)C2CC3CC(C2)CC1C3.C=C(C)C(=O)OC1(C)CCCC1.C=C(C)C(=O)OC1(CC)C2CC3CC(C2)CC1C3.C=C(C)C(=O)OC1(CC)CCCC1.C=C(C)C(=O)OC1(CC)CCCCC1.C=C(C)C(=O)OC1(CC)CCCCCCC1. The standard InChI is InChI=1S/C17H26O2.C16H24O2.C15H22O2.C14H24O2.C12H20O2.C11H18O2.C10H16O2/c1-11(2)15(18)19-16(3,4)17-8-12-5-13(9-17)7-14(6-12)10-17;1-4-16(18-15(17)10(2)3)13-6-11-5-12(8-13)9-14(16)7-11;1-9(2)14(16)17-15(3)12-5-10-4-11(7-12)8-13(15)6-10;1-4-14(16-13(15)12(2)3)10-8-6-5-7-9-11-14;1-4-12(8-6-5-7-9-12)14-11(13)10(2)3;1-4-11(7-5-6-8-11)13-10(12)9(2)3;1-8(2)9(11)12-10(3)6-4-5-7-10/h12-14H,1,5-10H2,2-4H3;11-14H,2,4-9H2,1,3H3;10-13H,1,4-8H2,2-3H3;2,4-11H2,1,3H3;2,4-9H2,1,3H3;2,4-8H2,1,3H3;1,4-7H2,2-3H3. The van der Waals surface area contributed by atoms with Gasteiger partial charge in [-0.1, -0.05) is 99.4 Å². The Hall–Kier alpha value is -5.53. The number of esters is 7. The average molecular weight is 1520 g/mol. The van der Waals surface area contributed by atoms with Crippen LogP contribution in [0.4, 0.5) is 0 Å². The van der Waals surface area contributed by atoms with E-state index in [0.717, 1.165) is 118 Å². The van der Waals surface area contributed by atoms with E-state index in [-0.39, 0.29) is 86.4 Å². The molecule has 0 N–H and O–H groups in total. The van der Waals surface area contributed by atoms with Crippen molar-refractivity contribution in [3.8, 4) is 0 Å². The van der Waals surface area contributed by atoms with Crippen LogP contribution in [0.25, 0.3) is 0 Å². The van der Waals surface area contributed by atoms with Crippen molar-refractivity contribution in [2.24, 2.45) is 70.5 Å². The van der Waals surface area contributed by atoms with Crippen LogP contribution in [-0.2, 0) is 66.7 Å². The summed E-state index contributed by atoms with van der Waals surface area (Å²) in [6.07, 6.45) is 47.5. The van der Waals surface area contributed by atoms with E-state index in [0.29, 0.717) is 62.7 Å². The van der Waals surface area contributed by atoms with Gasteiger partial charge < -0.3 is 33.2 Å². The smallest absolute Gasteiger partial charge is 0.333 e. The van der Waals surface area contributed by atoms with Crippen molar-refractivity contribution in [3.63, 3.8) is 0 Å². The van der Waals surface area contributed by atoms with Crippen LogP contribution in [-0.4, -0.2) is 81.0 Å². The summed E-state index contributed by atoms with van der Waals surface area (Å²) in [7, 11) is 0. The molecule has 16 rings (SSSR count). The van der Waals surface area contributed by atoms with Crippen LogP contribution in [0, 0.1) is 70.5 Å². The van der Waals surface area contributed by atoms with Crippen LogP contribution >= 0.6 is 0 Å². The van der Waals surface area contributed by atoms with E-state index in [4.69, 9.17) is 33.2 Å². The molecule has 16 aliphatic carbocycles. The maximum absolute atomic E-state index is 12.0. The van der Waals surface area contributed by atoms with Crippen molar-refractivity contribution < 1.29 is 66.7 Å². The third-order valence-electron chi connectivity index (χ3n) is 28.9. The van der Waals surface area contributed by atoms with Gasteiger partial charge in [-0.25, -0.2) is 33.6 Å². The molecule has 0 aromatic rings. The lowest BCUT2D eigenvalue weighted by molar-refractivity contribution is -0.207. The molecule has 0 amide bonds. The van der Waals surface area contributed by atoms with Crippen LogP contribution in [0.3, 0.4) is 0 Å². The summed E-state index contributed by atoms with van der Waals surface area (Å²) in [5, 5.41) is 0. The van der Waals surface area contributed by atoms with E-state index in [2.05, 4.69) is 94.5 Å². The monoisotopic (exact) mass is 1520 g/mol. The molecule has 614 valence electrons. The van der Waals surface area contributed by atoms with Gasteiger partial charge in [-0.05, 0) is 372 Å². The second-order valence-corrected chi connectivity index (χ2v) is 38.3. The predicted octanol–water partition coefficient (Wildman–Crippen LogP) is 23.6. The van der Waals surface area contributed by atoms with Gasteiger partial charge in [0.15, 0.2) is 0 Å². The second-order valence-electron chi connectivity index (χ2n) is 38.3. The molecule has 0 atom stereocenters. The van der Waals surface area contributed by atoms with Gasteiger partial charge in [0.05, 0.1) is 0 Å². The Morgan fingerprint density at radius 1 is 0.303 bits per heavy atom. The van der Waals surface area contributed by atoms with E-state index in [1.54, 1.807) is 48.5 Å². The lowest BCUT2D eigenvalue weighted by Crippen LogP contribution is -2.59. The summed E-state index contributed by atoms with van der Waals surface area (Å²) < 4.78 is 39.7. The molecule has 16 saturated carbocycles. The fourth-order valence-corrected chi connectivity index (χ4v) is 22.6. The minimum atomic E-state index is -0.348. The highest BCUT2D eigenvalue weighted by Gasteiger charge is 2.61. The topological polar surface area (TPSA) is 184 Å². The lowest BCUT2D eigenvalue weighted by Gasteiger charge is -2.61. The van der Waals surface area contributed by atoms with Gasteiger partial charge in [0.2, 0.25) is 0 Å². The molecule has 12 bridgehead atoms. The molecule has 14 nitrogen and oxygen atoms in total. The molecule has 16 aliphatic rings. The van der Waals surface area contributed by atoms with Gasteiger partial charge in [-0.3, -0.25) is 0 Å². The Morgan fingerprint density at radius 2 is 0.550 bits per heavy atom. The van der Waals surface area contributed by atoms with E-state index in [1.807, 2.05) is 6.92 Å². The third-order valence-corrected chi connectivity index (χ3v) is 28.9. The van der Waals surface area contributed by atoms with Gasteiger partial charge in [-0.2, -0.15) is 0 Å². The van der Waals surface area contributed by atoms with Gasteiger partial charge >= 0.3 is 41.8 Å². The Kier molecular flexibility index (Phi) is 32.4. The minimum Gasteiger partial charge on any atom is -0.456 e. The first-order valence-electron chi connectivity index (χ1n) is 43.4. The minimum absolute atomic E-state index is 0.163. The third kappa shape index (κ3) is 23.6. The van der Waals surface area contributed by atoms with E-state index in [9.17, 15) is 33.6 Å². The lowest BCUT2D eigenvalue weighted by atomic mass is 9.46. The summed E-state index contributed by atoms with van der Waals surface area (Å²) in [4.78, 5) is 81.4. The van der Waals surface area contributed by atoms with Gasteiger partial charge in [0, 0.05) is 44.4 Å². The quantitative estimate of drug-likeness (QED) is 0.0676. The zero-order chi connectivity index (χ0) is 80.7. The predicted molar refractivity (Wildman–Crippen MR) is 436 cm³/mol. The molecule has 0 saturated heterocycles. The highest BCUT2D eigenvalue weighted by atomic mass is 16.6. The Morgan fingerprint density at radius 3 is 0.853 bits per heavy atom. The zero-order valence-corrected chi connectivity index (χ0v) is 71.3. The van der Waals surface area contributed by atoms with E-state index in [1.165, 1.54) is 180 Å². The molecule has 16 fully saturated rings. The summed E-state index contributed by atoms with van der Waals surface area (Å²) in [6.45, 7) is 54.5. The van der Waals surface area contributed by atoms with Crippen molar-refractivity contribution in [2.45, 2.75) is 400 Å². The number of carbonyl (C=O) groups is 7. The number of hydrogen-bond acceptors (Lipinski definition) is 14. The summed E-state index contributed by atoms with van der Waals surface area (Å²) in [6, 6.07) is 0. The van der Waals surface area contributed by atoms with Crippen LogP contribution in [0.5, 0.6) is 0 Å². The van der Waals surface area contributed by atoms with E-state index < -0.39 is 0 Å². The van der Waals surface area contributed by atoms with E-state index >= 15 is 0 Å². The summed E-state index contributed by atoms with van der Waals surface area (Å²) >= 11 is 0. The molecule has 0 aromatic heterocycles. The molecule has 0 radical (unpaired) electrons. The van der Waals surface area contributed by atoms with Gasteiger partial charge in [0.1, 0.15) is 39.2 Å². The Balaban J connectivity index is 0.000000178. The van der Waals surface area contributed by atoms with Crippen molar-refractivity contribution in [3.05, 3.63) is 85.1 Å². The van der Waals surface area contributed by atoms with Crippen LogP contribution in [0.2, 0.25) is 0 Å². The number of hydrogen-bond donors (Lipinski definition) is 0. The molecular formula is C95H150O14. The van der Waals surface area contributed by atoms with Crippen molar-refractivity contribution in [2.75, 3.05) is 0 Å². The number of rotatable bonds is 19. The van der Waals surface area contributed by atoms with Crippen LogP contribution < -0.4 is 0 Å². The summed E-state index contributed by atoms with van der Waals surface area (Å²) in [5.74, 6) is 7.20. The van der Waals surface area contributed by atoms with Crippen LogP contribution in [0.1, 0.15) is 361 Å². The molecule has 0 spiro atoms. The number of ether oxygens (including phenoxy) is 7. The highest BCUT2D eigenvalue weighted by molar-refractivity contribution is 5.90. The molecule has 0 unspecified atom stereocenters. The Labute approximate surface area is 660 Å². The van der Waals surface area contributed by atoms with Crippen molar-refractivity contribution in [1.82, 2.24) is 0 Å². The van der Waals surface area contributed by atoms with Crippen LogP contribution in [0.15, 0.2) is 85.1 Å². The zero-order valence-electron chi connectivity index (χ0n) is 71.3. The van der Waals surface area contributed by atoms with Crippen molar-refractivity contribution >= 4 is 41.8 Å². The Bertz CT molecular complexity index is 3140. The summed E-state index contributed by atoms with van der Waals surface area (Å²) in [5.41, 5.74) is 2.31. The molecule has 0 heterocycles. The first-order valence-corrected chi connectivity index (χ1v) is 43.4. The maximum Gasteiger partial charge on any atom is 0.333 e. The normalized spacial score (nSPS) is 32.0. The molecule has 0 aromatic carbocycles. The first kappa shape index (κ1) is 90.7. The molecule has 0 aliphatic heterocycles. The molecule has 109 heavy (non-hydrogen) atoms. The highest BCUT2D eigenvalue weighted by Crippen LogP contribution is 2.65. The fourth-order valence-electron chi connectivity index (χ4n) is 22.6. The van der Waals surface area contributed by atoms with Crippen molar-refractivity contribution in [1.29, 1.82) is 0 Å². The van der Waals surface area contributed by atoms with Gasteiger partial charge in [0.25, 0.3) is 0 Å². The molecular weight excluding hydrogens is 1370 g/mol. The fraction of sp³-hybridized carbons (Fsp3) is 0.779. The molecule has 14 heteroatoms. The second kappa shape index (κ2) is 39.0.